The Morgan fingerprint density at radius 2 is 1.87 bits per heavy atom. The van der Waals surface area contributed by atoms with Gasteiger partial charge in [0.15, 0.2) is 0 Å². The van der Waals surface area contributed by atoms with Gasteiger partial charge in [0.05, 0.1) is 18.9 Å². The van der Waals surface area contributed by atoms with Crippen LogP contribution in [0.25, 0.3) is 0 Å². The number of carbonyl (C=O) groups excluding carboxylic acids is 1. The van der Waals surface area contributed by atoms with Crippen molar-refractivity contribution in [3.05, 3.63) is 54.6 Å². The highest BCUT2D eigenvalue weighted by Crippen LogP contribution is 2.22. The Kier molecular flexibility index (Phi) is 6.81. The molecule has 4 nitrogen and oxygen atoms in total. The van der Waals surface area contributed by atoms with E-state index in [1.165, 1.54) is 0 Å². The van der Waals surface area contributed by atoms with Crippen LogP contribution in [-0.4, -0.2) is 31.4 Å². The first-order valence-electron chi connectivity index (χ1n) is 7.45. The number of hydrogen-bond acceptors (Lipinski definition) is 4. The molecule has 0 radical (unpaired) electrons. The third-order valence-electron chi connectivity index (χ3n) is 3.14. The van der Waals surface area contributed by atoms with Crippen molar-refractivity contribution in [2.45, 2.75) is 17.1 Å². The van der Waals surface area contributed by atoms with Crippen molar-refractivity contribution < 1.29 is 14.3 Å². The fraction of sp³-hybridized carbons (Fsp3) is 0.278. The van der Waals surface area contributed by atoms with Crippen LogP contribution in [0.1, 0.15) is 6.92 Å². The van der Waals surface area contributed by atoms with Crippen LogP contribution in [0.3, 0.4) is 0 Å². The quantitative estimate of drug-likeness (QED) is 0.595. The average Bonchev–Trinajstić information content (AvgIpc) is 2.59. The Hall–Kier alpha value is -2.14. The van der Waals surface area contributed by atoms with Gasteiger partial charge in [-0.15, -0.1) is 11.8 Å². The summed E-state index contributed by atoms with van der Waals surface area (Å²) in [5, 5.41) is 2.74. The van der Waals surface area contributed by atoms with Crippen LogP contribution in [-0.2, 0) is 4.79 Å². The van der Waals surface area contributed by atoms with Gasteiger partial charge in [0, 0.05) is 11.0 Å². The van der Waals surface area contributed by atoms with E-state index in [1.807, 2.05) is 61.5 Å². The Morgan fingerprint density at radius 3 is 2.61 bits per heavy atom. The number of methoxy groups -OCH3 is 1. The maximum absolute atomic E-state index is 12.1. The summed E-state index contributed by atoms with van der Waals surface area (Å²) in [7, 11) is 1.62. The van der Waals surface area contributed by atoms with Crippen LogP contribution in [0.4, 0.5) is 0 Å². The van der Waals surface area contributed by atoms with E-state index in [2.05, 4.69) is 5.32 Å². The first-order chi connectivity index (χ1) is 11.2. The Morgan fingerprint density at radius 1 is 1.13 bits per heavy atom. The summed E-state index contributed by atoms with van der Waals surface area (Å²) in [4.78, 5) is 13.1. The minimum Gasteiger partial charge on any atom is -0.497 e. The van der Waals surface area contributed by atoms with E-state index >= 15 is 0 Å². The van der Waals surface area contributed by atoms with Crippen molar-refractivity contribution in [1.29, 1.82) is 0 Å². The maximum atomic E-state index is 12.1. The van der Waals surface area contributed by atoms with Crippen molar-refractivity contribution in [3.63, 3.8) is 0 Å². The van der Waals surface area contributed by atoms with Gasteiger partial charge in [-0.05, 0) is 31.2 Å². The van der Waals surface area contributed by atoms with E-state index in [4.69, 9.17) is 9.47 Å². The summed E-state index contributed by atoms with van der Waals surface area (Å²) >= 11 is 1.54. The molecule has 2 rings (SSSR count). The molecule has 5 heteroatoms. The van der Waals surface area contributed by atoms with Crippen LogP contribution in [0.5, 0.6) is 11.5 Å². The molecule has 0 heterocycles. The van der Waals surface area contributed by atoms with E-state index in [0.717, 1.165) is 16.4 Å². The Balaban J connectivity index is 1.69. The van der Waals surface area contributed by atoms with E-state index in [9.17, 15) is 4.79 Å². The highest BCUT2D eigenvalue weighted by Gasteiger charge is 2.13. The molecule has 1 atom stereocenters. The summed E-state index contributed by atoms with van der Waals surface area (Å²) in [5.74, 6) is 1.48. The smallest absolute Gasteiger partial charge is 0.233 e. The number of nitrogens with one attached hydrogen (secondary N) is 1. The molecule has 0 aliphatic heterocycles. The van der Waals surface area contributed by atoms with Gasteiger partial charge in [0.2, 0.25) is 5.91 Å². The minimum atomic E-state index is -0.144. The minimum absolute atomic E-state index is 0.00750. The van der Waals surface area contributed by atoms with Crippen LogP contribution < -0.4 is 14.8 Å². The van der Waals surface area contributed by atoms with Gasteiger partial charge >= 0.3 is 0 Å². The molecule has 2 aromatic rings. The lowest BCUT2D eigenvalue weighted by Gasteiger charge is -2.12. The molecule has 1 N–H and O–H groups in total. The normalized spacial score (nSPS) is 11.6. The molecule has 0 saturated heterocycles. The second-order valence-electron chi connectivity index (χ2n) is 4.89. The molecule has 0 aromatic heterocycles. The lowest BCUT2D eigenvalue weighted by Crippen LogP contribution is -2.33. The topological polar surface area (TPSA) is 47.6 Å². The average molecular weight is 331 g/mol. The molecule has 23 heavy (non-hydrogen) atoms. The van der Waals surface area contributed by atoms with E-state index in [-0.39, 0.29) is 11.2 Å². The van der Waals surface area contributed by atoms with Crippen LogP contribution in [0.2, 0.25) is 0 Å². The zero-order valence-corrected chi connectivity index (χ0v) is 14.1. The monoisotopic (exact) mass is 331 g/mol. The van der Waals surface area contributed by atoms with Crippen molar-refractivity contribution in [3.8, 4) is 11.5 Å². The Bertz CT molecular complexity index is 619. The van der Waals surface area contributed by atoms with Crippen LogP contribution >= 0.6 is 11.8 Å². The van der Waals surface area contributed by atoms with Crippen molar-refractivity contribution in [2.24, 2.45) is 0 Å². The second kappa shape index (κ2) is 9.10. The molecule has 0 aliphatic rings. The predicted octanol–water partition coefficient (Wildman–Crippen LogP) is 3.37. The van der Waals surface area contributed by atoms with Gasteiger partial charge in [-0.25, -0.2) is 0 Å². The zero-order valence-electron chi connectivity index (χ0n) is 13.3. The van der Waals surface area contributed by atoms with Crippen molar-refractivity contribution in [1.82, 2.24) is 5.32 Å². The third kappa shape index (κ3) is 5.87. The molecule has 0 unspecified atom stereocenters. The first kappa shape index (κ1) is 17.2. The van der Waals surface area contributed by atoms with Gasteiger partial charge in [0.25, 0.3) is 0 Å². The zero-order chi connectivity index (χ0) is 16.5. The first-order valence-corrected chi connectivity index (χ1v) is 8.33. The van der Waals surface area contributed by atoms with Gasteiger partial charge in [-0.1, -0.05) is 24.3 Å². The molecule has 0 spiro atoms. The summed E-state index contributed by atoms with van der Waals surface area (Å²) in [6, 6.07) is 17.3. The molecular weight excluding hydrogens is 310 g/mol. The molecule has 122 valence electrons. The van der Waals surface area contributed by atoms with E-state index in [0.29, 0.717) is 13.2 Å². The van der Waals surface area contributed by atoms with Crippen LogP contribution in [0, 0.1) is 0 Å². The number of amides is 1. The maximum Gasteiger partial charge on any atom is 0.233 e. The molecule has 0 fully saturated rings. The number of rotatable bonds is 8. The number of benzene rings is 2. The van der Waals surface area contributed by atoms with Gasteiger partial charge < -0.3 is 14.8 Å². The molecule has 0 bridgehead atoms. The molecule has 0 saturated carbocycles. The summed E-state index contributed by atoms with van der Waals surface area (Å²) in [6.07, 6.45) is 0. The fourth-order valence-electron chi connectivity index (χ4n) is 1.93. The summed E-state index contributed by atoms with van der Waals surface area (Å²) < 4.78 is 10.7. The predicted molar refractivity (Wildman–Crippen MR) is 93.3 cm³/mol. The molecular formula is C18H21NO3S. The summed E-state index contributed by atoms with van der Waals surface area (Å²) in [6.45, 7) is 2.79. The summed E-state index contributed by atoms with van der Waals surface area (Å²) in [5.41, 5.74) is 0. The number of carbonyl (C=O) groups is 1. The molecule has 1 amide bonds. The highest BCUT2D eigenvalue weighted by atomic mass is 32.2. The largest absolute Gasteiger partial charge is 0.497 e. The molecule has 2 aromatic carbocycles. The van der Waals surface area contributed by atoms with Crippen molar-refractivity contribution in [2.75, 3.05) is 20.3 Å². The van der Waals surface area contributed by atoms with Gasteiger partial charge in [-0.2, -0.15) is 0 Å². The van der Waals surface area contributed by atoms with Crippen molar-refractivity contribution >= 4 is 17.7 Å². The SMILES string of the molecule is COc1cccc(OCCNC(=O)[C@@H](C)Sc2ccccc2)c1. The Labute approximate surface area is 141 Å². The number of thioether (sulfide) groups is 1. The molecule has 0 aliphatic carbocycles. The lowest BCUT2D eigenvalue weighted by atomic mass is 10.3. The number of hydrogen-bond donors (Lipinski definition) is 1. The van der Waals surface area contributed by atoms with Crippen LogP contribution in [0.15, 0.2) is 59.5 Å². The van der Waals surface area contributed by atoms with E-state index in [1.54, 1.807) is 18.9 Å². The third-order valence-corrected chi connectivity index (χ3v) is 4.25. The second-order valence-corrected chi connectivity index (χ2v) is 6.31. The number of ether oxygens (including phenoxy) is 2. The van der Waals surface area contributed by atoms with Gasteiger partial charge in [0.1, 0.15) is 18.1 Å². The standard InChI is InChI=1S/C18H21NO3S/c1-14(23-17-9-4-3-5-10-17)18(20)19-11-12-22-16-8-6-7-15(13-16)21-2/h3-10,13-14H,11-12H2,1-2H3,(H,19,20)/t14-/m1/s1. The van der Waals surface area contributed by atoms with Gasteiger partial charge in [-0.3, -0.25) is 4.79 Å². The highest BCUT2D eigenvalue weighted by molar-refractivity contribution is 8.00. The lowest BCUT2D eigenvalue weighted by molar-refractivity contribution is -0.120. The fourth-order valence-corrected chi connectivity index (χ4v) is 2.85. The van der Waals surface area contributed by atoms with E-state index < -0.39 is 0 Å².